The van der Waals surface area contributed by atoms with Crippen LogP contribution in [-0.4, -0.2) is 28.7 Å². The second-order valence-corrected chi connectivity index (χ2v) is 12.7. The molecule has 0 heterocycles. The molecule has 0 spiro atoms. The number of fused-ring (bicyclic) bond motifs is 3. The molecule has 0 amide bonds. The van der Waals surface area contributed by atoms with Crippen molar-refractivity contribution < 1.29 is 22.8 Å². The molecule has 0 aromatic heterocycles. The van der Waals surface area contributed by atoms with E-state index in [1.807, 2.05) is 0 Å². The summed E-state index contributed by atoms with van der Waals surface area (Å²) >= 11 is -0.634. The van der Waals surface area contributed by atoms with Crippen molar-refractivity contribution in [2.45, 2.75) is 30.3 Å². The smallest absolute Gasteiger partial charge is 0.147 e. The topological polar surface area (TPSA) is 3.24 Å². The Labute approximate surface area is 199 Å². The van der Waals surface area contributed by atoms with Gasteiger partial charge in [0.25, 0.3) is 0 Å². The normalized spacial score (nSPS) is 16.1. The fourth-order valence-corrected chi connectivity index (χ4v) is 7.82. The average molecular weight is 507 g/mol. The zero-order valence-corrected chi connectivity index (χ0v) is 21.7. The van der Waals surface area contributed by atoms with Crippen molar-refractivity contribution in [3.05, 3.63) is 76.9 Å². The summed E-state index contributed by atoms with van der Waals surface area (Å²) in [7, 11) is 4.31. The summed E-state index contributed by atoms with van der Waals surface area (Å²) < 4.78 is 2.33. The Hall–Kier alpha value is -0.787. The first-order valence-electron chi connectivity index (χ1n) is 9.88. The molecule has 2 aromatic carbocycles. The van der Waals surface area contributed by atoms with Crippen LogP contribution in [0.3, 0.4) is 0 Å². The minimum atomic E-state index is -0.634. The Bertz CT molecular complexity index is 969. The van der Waals surface area contributed by atoms with Gasteiger partial charge in [0, 0.05) is 0 Å². The van der Waals surface area contributed by atoms with E-state index in [-0.39, 0.29) is 24.8 Å². The van der Waals surface area contributed by atoms with Crippen molar-refractivity contribution >= 4 is 33.6 Å². The van der Waals surface area contributed by atoms with Crippen LogP contribution in [0.5, 0.6) is 0 Å². The van der Waals surface area contributed by atoms with E-state index in [0.717, 1.165) is 19.4 Å². The Balaban J connectivity index is 0.00000150. The number of hydrogen-bond acceptors (Lipinski definition) is 1. The van der Waals surface area contributed by atoms with Crippen molar-refractivity contribution in [1.29, 1.82) is 0 Å². The molecule has 0 aliphatic heterocycles. The molecule has 0 saturated heterocycles. The molecule has 2 aromatic rings. The predicted octanol–water partition coefficient (Wildman–Crippen LogP) is 6.56. The largest absolute Gasteiger partial charge is 0.147 e. The van der Waals surface area contributed by atoms with E-state index >= 15 is 0 Å². The van der Waals surface area contributed by atoms with Crippen molar-refractivity contribution in [3.63, 3.8) is 0 Å². The zero-order chi connectivity index (χ0) is 19.0. The van der Waals surface area contributed by atoms with E-state index in [0.29, 0.717) is 3.63 Å². The Morgan fingerprint density at radius 1 is 0.966 bits per heavy atom. The third-order valence-electron chi connectivity index (χ3n) is 5.53. The molecule has 153 valence electrons. The molecular weight excluding hydrogens is 476 g/mol. The zero-order valence-electron chi connectivity index (χ0n) is 17.7. The molecule has 0 N–H and O–H groups in total. The van der Waals surface area contributed by atoms with E-state index in [9.17, 15) is 0 Å². The molecule has 2 aliphatic carbocycles. The maximum Gasteiger partial charge on any atom is -0.147 e. The quantitative estimate of drug-likeness (QED) is 0.444. The van der Waals surface area contributed by atoms with Gasteiger partial charge in [-0.1, -0.05) is 0 Å². The van der Waals surface area contributed by atoms with Crippen molar-refractivity contribution in [3.8, 4) is 11.1 Å². The number of rotatable bonds is 5. The standard InChI is InChI=1S/C22H22N.C3H6.2ClH.Zr/c1-23(2)13-12-16-10-11-18(14-16)20-8-5-9-21-19-7-4-3-6-17(19)15-22(20)21;1-3-2;;;/h3-10,14-15H,11-13H2,1-2H3;1-2H3;2*1H;. The summed E-state index contributed by atoms with van der Waals surface area (Å²) in [6.07, 6.45) is 7.13. The van der Waals surface area contributed by atoms with Crippen LogP contribution in [0.15, 0.2) is 60.2 Å². The molecule has 1 nitrogen and oxygen atoms in total. The van der Waals surface area contributed by atoms with Crippen molar-refractivity contribution in [2.24, 2.45) is 0 Å². The maximum absolute atomic E-state index is 2.46. The van der Waals surface area contributed by atoms with Crippen LogP contribution in [0.1, 0.15) is 47.0 Å². The molecule has 1 unspecified atom stereocenters. The van der Waals surface area contributed by atoms with Gasteiger partial charge in [0.1, 0.15) is 0 Å². The van der Waals surface area contributed by atoms with Gasteiger partial charge in [-0.2, -0.15) is 0 Å². The molecule has 0 fully saturated rings. The van der Waals surface area contributed by atoms with Crippen LogP contribution < -0.4 is 0 Å². The molecule has 29 heavy (non-hydrogen) atoms. The Morgan fingerprint density at radius 2 is 1.66 bits per heavy atom. The maximum atomic E-state index is 2.46. The first kappa shape index (κ1) is 24.5. The molecule has 2 aliphatic rings. The average Bonchev–Trinajstić information content (AvgIpc) is 3.24. The minimum Gasteiger partial charge on any atom is -0.147 e. The van der Waals surface area contributed by atoms with Gasteiger partial charge in [-0.3, -0.25) is 0 Å². The second kappa shape index (κ2) is 10.5. The number of hydrogen-bond donors (Lipinski definition) is 0. The van der Waals surface area contributed by atoms with E-state index < -0.39 is 22.8 Å². The van der Waals surface area contributed by atoms with Gasteiger partial charge in [-0.05, 0) is 0 Å². The van der Waals surface area contributed by atoms with Crippen LogP contribution in [-0.2, 0) is 22.8 Å². The van der Waals surface area contributed by atoms with Gasteiger partial charge in [-0.25, -0.2) is 0 Å². The van der Waals surface area contributed by atoms with Gasteiger partial charge in [0.2, 0.25) is 0 Å². The number of allylic oxidation sites excluding steroid dienone is 3. The van der Waals surface area contributed by atoms with Crippen molar-refractivity contribution in [2.75, 3.05) is 20.6 Å². The Morgan fingerprint density at radius 3 is 2.38 bits per heavy atom. The first-order valence-corrected chi connectivity index (χ1v) is 12.5. The van der Waals surface area contributed by atoms with E-state index in [4.69, 9.17) is 0 Å². The SMILES string of the molecule is C[C](C)=[Zr][CH]1c2ccccc2-c2cccc(C3=CC(CCN(C)C)=CC3)c21.Cl.Cl. The fourth-order valence-electron chi connectivity index (χ4n) is 4.28. The van der Waals surface area contributed by atoms with E-state index in [1.54, 1.807) is 14.3 Å². The molecule has 0 radical (unpaired) electrons. The minimum absolute atomic E-state index is 0. The molecule has 1 atom stereocenters. The second-order valence-electron chi connectivity index (χ2n) is 8.14. The van der Waals surface area contributed by atoms with Crippen molar-refractivity contribution in [1.82, 2.24) is 4.90 Å². The molecule has 4 heteroatoms. The summed E-state index contributed by atoms with van der Waals surface area (Å²) in [5.41, 5.74) is 10.7. The van der Waals surface area contributed by atoms with Gasteiger partial charge in [0.15, 0.2) is 0 Å². The third kappa shape index (κ3) is 5.10. The van der Waals surface area contributed by atoms with Crippen LogP contribution in [0.4, 0.5) is 0 Å². The number of benzene rings is 2. The van der Waals surface area contributed by atoms with E-state index in [1.165, 1.54) is 27.8 Å². The first-order chi connectivity index (χ1) is 13.0. The van der Waals surface area contributed by atoms with Gasteiger partial charge in [-0.15, -0.1) is 24.8 Å². The fraction of sp³-hybridized carbons (Fsp3) is 0.320. The summed E-state index contributed by atoms with van der Waals surface area (Å²) in [6, 6.07) is 16.1. The number of halogens is 2. The van der Waals surface area contributed by atoms with E-state index in [2.05, 4.69) is 87.5 Å². The molecule has 4 rings (SSSR count). The Kier molecular flexibility index (Phi) is 8.86. The summed E-state index contributed by atoms with van der Waals surface area (Å²) in [4.78, 5) is 2.27. The number of nitrogens with zero attached hydrogens (tertiary/aromatic N) is 1. The van der Waals surface area contributed by atoms with Gasteiger partial charge < -0.3 is 0 Å². The molecule has 0 bridgehead atoms. The molecular formula is C25H30Cl2NZr. The van der Waals surface area contributed by atoms with Crippen LogP contribution in [0.25, 0.3) is 16.7 Å². The summed E-state index contributed by atoms with van der Waals surface area (Å²) in [6.45, 7) is 5.80. The summed E-state index contributed by atoms with van der Waals surface area (Å²) in [5, 5.41) is 0. The van der Waals surface area contributed by atoms with Crippen LogP contribution >= 0.6 is 24.8 Å². The van der Waals surface area contributed by atoms with Crippen LogP contribution in [0.2, 0.25) is 0 Å². The predicted molar refractivity (Wildman–Crippen MR) is 128 cm³/mol. The van der Waals surface area contributed by atoms with Crippen LogP contribution in [0, 0.1) is 0 Å². The van der Waals surface area contributed by atoms with Gasteiger partial charge >= 0.3 is 175 Å². The monoisotopic (exact) mass is 504 g/mol. The van der Waals surface area contributed by atoms with Gasteiger partial charge in [0.05, 0.1) is 0 Å². The summed E-state index contributed by atoms with van der Waals surface area (Å²) in [5.74, 6) is 0. The third-order valence-corrected chi connectivity index (χ3v) is 9.13. The molecule has 0 saturated carbocycles.